The van der Waals surface area contributed by atoms with E-state index >= 15 is 0 Å². The molecule has 0 spiro atoms. The number of hydrogen-bond donors (Lipinski definition) is 1. The van der Waals surface area contributed by atoms with Crippen molar-refractivity contribution in [3.63, 3.8) is 0 Å². The molecule has 8 heteroatoms. The van der Waals surface area contributed by atoms with Gasteiger partial charge < -0.3 is 5.32 Å². The van der Waals surface area contributed by atoms with E-state index in [2.05, 4.69) is 27.1 Å². The summed E-state index contributed by atoms with van der Waals surface area (Å²) >= 11 is 0. The van der Waals surface area contributed by atoms with Crippen molar-refractivity contribution < 1.29 is 12.8 Å². The summed E-state index contributed by atoms with van der Waals surface area (Å²) in [7, 11) is -3.27. The Labute approximate surface area is 184 Å². The van der Waals surface area contributed by atoms with Gasteiger partial charge in [-0.25, -0.2) is 22.8 Å². The second kappa shape index (κ2) is 8.46. The maximum absolute atomic E-state index is 14.1. The molecule has 156 valence electrons. The highest BCUT2D eigenvalue weighted by atomic mass is 32.2. The van der Waals surface area contributed by atoms with E-state index in [9.17, 15) is 12.8 Å². The largest absolute Gasteiger partial charge is 0.340 e. The lowest BCUT2D eigenvalue weighted by atomic mass is 10.1. The first-order valence-electron chi connectivity index (χ1n) is 9.37. The highest BCUT2D eigenvalue weighted by Gasteiger charge is 2.08. The van der Waals surface area contributed by atoms with Crippen molar-refractivity contribution in [2.45, 2.75) is 4.90 Å². The molecule has 4 aromatic rings. The molecule has 6 nitrogen and oxygen atoms in total. The van der Waals surface area contributed by atoms with Crippen LogP contribution >= 0.6 is 0 Å². The van der Waals surface area contributed by atoms with Gasteiger partial charge in [0, 0.05) is 35.1 Å². The Bertz CT molecular complexity index is 1550. The number of halogens is 1. The second-order valence-electron chi connectivity index (χ2n) is 6.93. The van der Waals surface area contributed by atoms with Crippen LogP contribution in [0.2, 0.25) is 0 Å². The summed E-state index contributed by atoms with van der Waals surface area (Å²) in [6.07, 6.45) is 4.41. The Hall–Kier alpha value is -4.27. The Balaban J connectivity index is 1.67. The van der Waals surface area contributed by atoms with Crippen LogP contribution in [-0.2, 0) is 9.84 Å². The molecule has 32 heavy (non-hydrogen) atoms. The molecule has 0 unspecified atom stereocenters. The number of aromatic nitrogens is 2. The summed E-state index contributed by atoms with van der Waals surface area (Å²) in [5, 5.41) is 13.5. The molecule has 2 aromatic carbocycles. The van der Waals surface area contributed by atoms with Crippen LogP contribution in [0.1, 0.15) is 16.8 Å². The molecule has 0 aliphatic carbocycles. The molecule has 0 aliphatic heterocycles. The van der Waals surface area contributed by atoms with Gasteiger partial charge in [-0.2, -0.15) is 5.26 Å². The molecule has 0 saturated carbocycles. The first kappa shape index (κ1) is 21.0. The van der Waals surface area contributed by atoms with Gasteiger partial charge in [-0.3, -0.25) is 0 Å². The third kappa shape index (κ3) is 4.56. The lowest BCUT2D eigenvalue weighted by molar-refractivity contribution is 0.602. The summed E-state index contributed by atoms with van der Waals surface area (Å²) < 4.78 is 37.4. The molecule has 0 amide bonds. The molecular weight excluding hydrogens is 427 g/mol. The highest BCUT2D eigenvalue weighted by molar-refractivity contribution is 7.90. The topological polar surface area (TPSA) is 95.7 Å². The summed E-state index contributed by atoms with van der Waals surface area (Å²) in [5.41, 5.74) is 1.51. The second-order valence-corrected chi connectivity index (χ2v) is 8.94. The molecule has 0 bridgehead atoms. The number of rotatable bonds is 3. The van der Waals surface area contributed by atoms with Crippen LogP contribution in [0, 0.1) is 29.0 Å². The first-order valence-corrected chi connectivity index (χ1v) is 11.3. The van der Waals surface area contributed by atoms with Crippen LogP contribution in [0.5, 0.6) is 0 Å². The average Bonchev–Trinajstić information content (AvgIpc) is 2.78. The van der Waals surface area contributed by atoms with Gasteiger partial charge in [-0.05, 0) is 60.5 Å². The molecule has 2 heterocycles. The van der Waals surface area contributed by atoms with Crippen LogP contribution in [0.25, 0.3) is 10.8 Å². The van der Waals surface area contributed by atoms with E-state index in [1.54, 1.807) is 36.7 Å². The molecule has 0 atom stereocenters. The summed E-state index contributed by atoms with van der Waals surface area (Å²) in [5.74, 6) is 5.61. The fraction of sp³-hybridized carbons (Fsp3) is 0.0417. The van der Waals surface area contributed by atoms with Crippen molar-refractivity contribution in [1.82, 2.24) is 9.97 Å². The van der Waals surface area contributed by atoms with Crippen LogP contribution in [0.4, 0.5) is 15.9 Å². The number of pyridine rings is 2. The van der Waals surface area contributed by atoms with E-state index in [1.807, 2.05) is 6.07 Å². The fourth-order valence-electron chi connectivity index (χ4n) is 2.98. The Morgan fingerprint density at radius 1 is 1.00 bits per heavy atom. The zero-order chi connectivity index (χ0) is 22.7. The maximum Gasteiger partial charge on any atom is 0.175 e. The molecule has 0 radical (unpaired) electrons. The van der Waals surface area contributed by atoms with Crippen molar-refractivity contribution in [2.24, 2.45) is 0 Å². The van der Waals surface area contributed by atoms with Crippen molar-refractivity contribution in [1.29, 1.82) is 5.26 Å². The van der Waals surface area contributed by atoms with Gasteiger partial charge in [0.15, 0.2) is 9.84 Å². The minimum atomic E-state index is -3.27. The number of hydrogen-bond acceptors (Lipinski definition) is 6. The molecule has 0 fully saturated rings. The van der Waals surface area contributed by atoms with Gasteiger partial charge in [0.2, 0.25) is 0 Å². The molecule has 0 saturated heterocycles. The Kier molecular flexibility index (Phi) is 5.55. The molecular formula is C24H15FN4O2S. The maximum atomic E-state index is 14.1. The third-order valence-electron chi connectivity index (χ3n) is 4.62. The van der Waals surface area contributed by atoms with Gasteiger partial charge >= 0.3 is 0 Å². The summed E-state index contributed by atoms with van der Waals surface area (Å²) in [6, 6.07) is 15.9. The summed E-state index contributed by atoms with van der Waals surface area (Å²) in [6.45, 7) is 0. The van der Waals surface area contributed by atoms with Gasteiger partial charge in [0.1, 0.15) is 17.3 Å². The minimum Gasteiger partial charge on any atom is -0.340 e. The van der Waals surface area contributed by atoms with E-state index in [1.165, 1.54) is 24.3 Å². The number of nitriles is 1. The van der Waals surface area contributed by atoms with Crippen molar-refractivity contribution >= 4 is 32.1 Å². The van der Waals surface area contributed by atoms with Crippen molar-refractivity contribution in [3.05, 3.63) is 89.6 Å². The SMILES string of the molecule is CS(=O)(=O)c1ccc(Nc2cc3c(C#Cc4ccc(C#N)cc4F)nccc3cn2)cc1. The monoisotopic (exact) mass is 442 g/mol. The number of sulfone groups is 1. The van der Waals surface area contributed by atoms with E-state index < -0.39 is 15.7 Å². The zero-order valence-electron chi connectivity index (χ0n) is 16.8. The summed E-state index contributed by atoms with van der Waals surface area (Å²) in [4.78, 5) is 8.90. The van der Waals surface area contributed by atoms with E-state index in [4.69, 9.17) is 5.26 Å². The molecule has 1 N–H and O–H groups in total. The van der Waals surface area contributed by atoms with E-state index in [0.717, 1.165) is 23.1 Å². The molecule has 2 aromatic heterocycles. The lowest BCUT2D eigenvalue weighted by Gasteiger charge is -2.08. The van der Waals surface area contributed by atoms with E-state index in [0.29, 0.717) is 17.2 Å². The predicted octanol–water partition coefficient (Wildman–Crippen LogP) is 4.19. The van der Waals surface area contributed by atoms with Crippen molar-refractivity contribution in [3.8, 4) is 17.9 Å². The van der Waals surface area contributed by atoms with Crippen LogP contribution < -0.4 is 5.32 Å². The third-order valence-corrected chi connectivity index (χ3v) is 5.74. The van der Waals surface area contributed by atoms with Gasteiger partial charge in [0.05, 0.1) is 22.1 Å². The Morgan fingerprint density at radius 3 is 2.47 bits per heavy atom. The van der Waals surface area contributed by atoms with Gasteiger partial charge in [0.25, 0.3) is 0 Å². The minimum absolute atomic E-state index is 0.168. The number of nitrogens with zero attached hydrogens (tertiary/aromatic N) is 3. The molecule has 4 rings (SSSR count). The van der Waals surface area contributed by atoms with E-state index in [-0.39, 0.29) is 16.0 Å². The zero-order valence-corrected chi connectivity index (χ0v) is 17.6. The Morgan fingerprint density at radius 2 is 1.78 bits per heavy atom. The number of benzene rings is 2. The van der Waals surface area contributed by atoms with Crippen LogP contribution in [0.3, 0.4) is 0 Å². The smallest absolute Gasteiger partial charge is 0.175 e. The van der Waals surface area contributed by atoms with Gasteiger partial charge in [-0.15, -0.1) is 0 Å². The molecule has 0 aliphatic rings. The van der Waals surface area contributed by atoms with Crippen molar-refractivity contribution in [2.75, 3.05) is 11.6 Å². The van der Waals surface area contributed by atoms with Gasteiger partial charge in [-0.1, -0.05) is 5.92 Å². The number of nitrogens with one attached hydrogen (secondary N) is 1. The predicted molar refractivity (Wildman–Crippen MR) is 119 cm³/mol. The standard InChI is InChI=1S/C24H15FN4O2S/c1-32(30,31)20-7-5-19(6-8-20)29-24-13-21-18(15-28-24)10-11-27-23(21)9-4-17-3-2-16(14-26)12-22(17)25/h2-3,5-8,10-13,15H,1H3,(H,28,29). The number of fused-ring (bicyclic) bond motifs is 1. The first-order chi connectivity index (χ1) is 15.3. The normalized spacial score (nSPS) is 10.8. The number of anilines is 2. The van der Waals surface area contributed by atoms with Crippen LogP contribution in [0.15, 0.2) is 71.9 Å². The fourth-order valence-corrected chi connectivity index (χ4v) is 3.61. The van der Waals surface area contributed by atoms with Crippen LogP contribution in [-0.4, -0.2) is 24.6 Å². The highest BCUT2D eigenvalue weighted by Crippen LogP contribution is 2.23. The average molecular weight is 442 g/mol. The quantitative estimate of drug-likeness (QED) is 0.478. The lowest BCUT2D eigenvalue weighted by Crippen LogP contribution is -1.98.